The van der Waals surface area contributed by atoms with E-state index in [4.69, 9.17) is 4.74 Å². The maximum absolute atomic E-state index is 4.96. The largest absolute Gasteiger partial charge is 0.384 e. The summed E-state index contributed by atoms with van der Waals surface area (Å²) in [4.78, 5) is 1.36. The van der Waals surface area contributed by atoms with Crippen LogP contribution in [0.25, 0.3) is 0 Å². The highest BCUT2D eigenvalue weighted by Crippen LogP contribution is 2.22. The van der Waals surface area contributed by atoms with E-state index in [9.17, 15) is 0 Å². The molecule has 0 amide bonds. The fourth-order valence-electron chi connectivity index (χ4n) is 0.698. The molecule has 0 radical (unpaired) electrons. The second kappa shape index (κ2) is 4.11. The van der Waals surface area contributed by atoms with Crippen molar-refractivity contribution >= 4 is 27.3 Å². The minimum absolute atomic E-state index is 0.805. The Hall–Kier alpha value is 0.140. The predicted molar refractivity (Wildman–Crippen MR) is 47.6 cm³/mol. The van der Waals surface area contributed by atoms with E-state index in [0.29, 0.717) is 0 Å². The van der Waals surface area contributed by atoms with Crippen LogP contribution in [0.2, 0.25) is 0 Å². The molecule has 3 heteroatoms. The molecule has 0 saturated heterocycles. The maximum atomic E-state index is 4.96. The molecule has 1 nitrogen and oxygen atoms in total. The summed E-state index contributed by atoms with van der Waals surface area (Å²) in [5.41, 5.74) is 0. The second-order valence-electron chi connectivity index (χ2n) is 1.93. The Bertz CT molecular complexity index is 197. The van der Waals surface area contributed by atoms with Crippen LogP contribution in [0.1, 0.15) is 4.88 Å². The van der Waals surface area contributed by atoms with Crippen molar-refractivity contribution in [3.63, 3.8) is 0 Å². The lowest BCUT2D eigenvalue weighted by Gasteiger charge is -1.95. The lowest BCUT2D eigenvalue weighted by Crippen LogP contribution is -1.91. The molecule has 1 aromatic rings. The molecule has 0 aliphatic carbocycles. The molecule has 10 heavy (non-hydrogen) atoms. The van der Waals surface area contributed by atoms with Crippen LogP contribution >= 0.6 is 27.3 Å². The Morgan fingerprint density at radius 3 is 3.00 bits per heavy atom. The summed E-state index contributed by atoms with van der Waals surface area (Å²) in [6, 6.07) is 2.07. The minimum Gasteiger partial charge on any atom is -0.384 e. The molecule has 0 aliphatic heterocycles. The summed E-state index contributed by atoms with van der Waals surface area (Å²) >= 11 is 5.21. The van der Waals surface area contributed by atoms with Gasteiger partial charge in [-0.3, -0.25) is 0 Å². The summed E-state index contributed by atoms with van der Waals surface area (Å²) in [5, 5.41) is 2.08. The van der Waals surface area contributed by atoms with Crippen molar-refractivity contribution in [2.75, 3.05) is 13.7 Å². The summed E-state index contributed by atoms with van der Waals surface area (Å²) in [6.07, 6.45) is 1.01. The first-order valence-electron chi connectivity index (χ1n) is 3.05. The van der Waals surface area contributed by atoms with Crippen molar-refractivity contribution in [1.29, 1.82) is 0 Å². The zero-order valence-electron chi connectivity index (χ0n) is 5.76. The van der Waals surface area contributed by atoms with E-state index >= 15 is 0 Å². The van der Waals surface area contributed by atoms with E-state index in [1.807, 2.05) is 0 Å². The fourth-order valence-corrected chi connectivity index (χ4v) is 2.23. The molecule has 0 aromatic carbocycles. The van der Waals surface area contributed by atoms with Gasteiger partial charge in [0.05, 0.1) is 6.61 Å². The molecule has 0 aliphatic rings. The normalized spacial score (nSPS) is 10.2. The molecular weight excluding hydrogens is 212 g/mol. The van der Waals surface area contributed by atoms with E-state index in [-0.39, 0.29) is 0 Å². The number of thiophene rings is 1. The number of methoxy groups -OCH3 is 1. The predicted octanol–water partition coefficient (Wildman–Crippen LogP) is 2.70. The van der Waals surface area contributed by atoms with Gasteiger partial charge in [-0.25, -0.2) is 0 Å². The average molecular weight is 221 g/mol. The monoisotopic (exact) mass is 220 g/mol. The van der Waals surface area contributed by atoms with E-state index in [2.05, 4.69) is 27.4 Å². The van der Waals surface area contributed by atoms with Gasteiger partial charge in [-0.1, -0.05) is 0 Å². The SMILES string of the molecule is COCCc1sccc1Br. The smallest absolute Gasteiger partial charge is 0.0510 e. The molecule has 0 bridgehead atoms. The zero-order valence-corrected chi connectivity index (χ0v) is 8.17. The van der Waals surface area contributed by atoms with Gasteiger partial charge in [0, 0.05) is 22.9 Å². The third-order valence-corrected chi connectivity index (χ3v) is 3.21. The van der Waals surface area contributed by atoms with Gasteiger partial charge >= 0.3 is 0 Å². The van der Waals surface area contributed by atoms with E-state index in [1.165, 1.54) is 9.35 Å². The van der Waals surface area contributed by atoms with Crippen LogP contribution in [-0.4, -0.2) is 13.7 Å². The number of halogens is 1. The van der Waals surface area contributed by atoms with Crippen LogP contribution in [-0.2, 0) is 11.2 Å². The van der Waals surface area contributed by atoms with Gasteiger partial charge in [0.2, 0.25) is 0 Å². The molecule has 0 N–H and O–H groups in total. The zero-order chi connectivity index (χ0) is 7.40. The van der Waals surface area contributed by atoms with Gasteiger partial charge in [0.1, 0.15) is 0 Å². The van der Waals surface area contributed by atoms with Crippen molar-refractivity contribution in [3.8, 4) is 0 Å². The third-order valence-electron chi connectivity index (χ3n) is 1.22. The highest BCUT2D eigenvalue weighted by molar-refractivity contribution is 9.10. The van der Waals surface area contributed by atoms with Crippen molar-refractivity contribution in [2.24, 2.45) is 0 Å². The lowest BCUT2D eigenvalue weighted by molar-refractivity contribution is 0.203. The Morgan fingerprint density at radius 2 is 2.50 bits per heavy atom. The van der Waals surface area contributed by atoms with Crippen molar-refractivity contribution in [1.82, 2.24) is 0 Å². The quantitative estimate of drug-likeness (QED) is 0.762. The molecule has 0 atom stereocenters. The first-order chi connectivity index (χ1) is 4.84. The Labute approximate surface area is 73.1 Å². The van der Waals surface area contributed by atoms with E-state index in [1.54, 1.807) is 18.4 Å². The molecule has 0 saturated carbocycles. The van der Waals surface area contributed by atoms with E-state index < -0.39 is 0 Å². The topological polar surface area (TPSA) is 9.23 Å². The maximum Gasteiger partial charge on any atom is 0.0510 e. The van der Waals surface area contributed by atoms with Crippen molar-refractivity contribution in [2.45, 2.75) is 6.42 Å². The standard InChI is InChI=1S/C7H9BrOS/c1-9-4-2-7-6(8)3-5-10-7/h3,5H,2,4H2,1H3. The highest BCUT2D eigenvalue weighted by atomic mass is 79.9. The first-order valence-corrected chi connectivity index (χ1v) is 4.72. The fraction of sp³-hybridized carbons (Fsp3) is 0.429. The molecular formula is C7H9BrOS. The Kier molecular flexibility index (Phi) is 3.39. The number of ether oxygens (including phenoxy) is 1. The van der Waals surface area contributed by atoms with E-state index in [0.717, 1.165) is 13.0 Å². The molecule has 0 spiro atoms. The summed E-state index contributed by atoms with van der Waals surface area (Å²) in [6.45, 7) is 0.805. The van der Waals surface area contributed by atoms with Gasteiger partial charge in [-0.15, -0.1) is 11.3 Å². The molecule has 1 rings (SSSR count). The highest BCUT2D eigenvalue weighted by Gasteiger charge is 1.98. The minimum atomic E-state index is 0.805. The second-order valence-corrected chi connectivity index (χ2v) is 3.79. The average Bonchev–Trinajstić information content (AvgIpc) is 2.31. The summed E-state index contributed by atoms with van der Waals surface area (Å²) in [7, 11) is 1.72. The third kappa shape index (κ3) is 2.08. The van der Waals surface area contributed by atoms with Gasteiger partial charge in [0.25, 0.3) is 0 Å². The van der Waals surface area contributed by atoms with Gasteiger partial charge in [-0.2, -0.15) is 0 Å². The molecule has 0 unspecified atom stereocenters. The first kappa shape index (κ1) is 8.24. The summed E-state index contributed by atoms with van der Waals surface area (Å²) < 4.78 is 6.16. The number of hydrogen-bond acceptors (Lipinski definition) is 2. The van der Waals surface area contributed by atoms with Crippen LogP contribution in [0.4, 0.5) is 0 Å². The van der Waals surface area contributed by atoms with Gasteiger partial charge in [-0.05, 0) is 27.4 Å². The lowest BCUT2D eigenvalue weighted by atomic mass is 10.4. The molecule has 0 fully saturated rings. The van der Waals surface area contributed by atoms with Crippen molar-refractivity contribution in [3.05, 3.63) is 20.8 Å². The molecule has 56 valence electrons. The molecule has 1 heterocycles. The summed E-state index contributed by atoms with van der Waals surface area (Å²) in [5.74, 6) is 0. The Morgan fingerprint density at radius 1 is 1.70 bits per heavy atom. The van der Waals surface area contributed by atoms with Crippen molar-refractivity contribution < 1.29 is 4.74 Å². The van der Waals surface area contributed by atoms with Gasteiger partial charge in [0.15, 0.2) is 0 Å². The van der Waals surface area contributed by atoms with Crippen LogP contribution in [0.15, 0.2) is 15.9 Å². The van der Waals surface area contributed by atoms with Crippen LogP contribution < -0.4 is 0 Å². The van der Waals surface area contributed by atoms with Gasteiger partial charge < -0.3 is 4.74 Å². The number of rotatable bonds is 3. The molecule has 1 aromatic heterocycles. The van der Waals surface area contributed by atoms with Crippen LogP contribution in [0.3, 0.4) is 0 Å². The van der Waals surface area contributed by atoms with Crippen LogP contribution in [0, 0.1) is 0 Å². The number of hydrogen-bond donors (Lipinski definition) is 0. The Balaban J connectivity index is 2.49. The van der Waals surface area contributed by atoms with Crippen LogP contribution in [0.5, 0.6) is 0 Å².